The lowest BCUT2D eigenvalue weighted by Gasteiger charge is -2.15. The average molecular weight is 248 g/mol. The van der Waals surface area contributed by atoms with Crippen molar-refractivity contribution in [3.63, 3.8) is 0 Å². The molecule has 1 aromatic carbocycles. The highest BCUT2D eigenvalue weighted by Gasteiger charge is 2.06. The molecule has 0 aliphatic carbocycles. The Morgan fingerprint density at radius 1 is 1.28 bits per heavy atom. The maximum atomic E-state index is 5.72. The highest BCUT2D eigenvalue weighted by molar-refractivity contribution is 5.32. The predicted octanol–water partition coefficient (Wildman–Crippen LogP) is 3.19. The summed E-state index contributed by atoms with van der Waals surface area (Å²) in [5, 5.41) is 3.53. The fourth-order valence-electron chi connectivity index (χ4n) is 2.05. The number of nitrogens with one attached hydrogen (secondary N) is 1. The third kappa shape index (κ3) is 4.43. The minimum Gasteiger partial charge on any atom is -0.330 e. The lowest BCUT2D eigenvalue weighted by Crippen LogP contribution is -2.27. The van der Waals surface area contributed by atoms with Gasteiger partial charge in [0.1, 0.15) is 0 Å². The zero-order valence-electron chi connectivity index (χ0n) is 12.3. The topological polar surface area (TPSA) is 38.0 Å². The Kier molecular flexibility index (Phi) is 6.37. The van der Waals surface area contributed by atoms with Crippen LogP contribution in [0, 0.1) is 12.8 Å². The Hall–Kier alpha value is -0.860. The third-order valence-corrected chi connectivity index (χ3v) is 3.70. The van der Waals surface area contributed by atoms with E-state index in [0.29, 0.717) is 11.8 Å². The third-order valence-electron chi connectivity index (χ3n) is 3.70. The van der Waals surface area contributed by atoms with Crippen LogP contribution >= 0.6 is 0 Å². The highest BCUT2D eigenvalue weighted by atomic mass is 14.9. The molecule has 0 heterocycles. The molecule has 0 spiro atoms. The largest absolute Gasteiger partial charge is 0.330 e. The Bertz CT molecular complexity index is 354. The second kappa shape index (κ2) is 7.55. The Morgan fingerprint density at radius 2 is 2.00 bits per heavy atom. The number of hydrogen-bond acceptors (Lipinski definition) is 2. The molecule has 0 aliphatic rings. The number of aryl methyl sites for hydroxylation is 1. The van der Waals surface area contributed by atoms with E-state index in [2.05, 4.69) is 51.2 Å². The van der Waals surface area contributed by atoms with E-state index in [1.165, 1.54) is 16.7 Å². The lowest BCUT2D eigenvalue weighted by atomic mass is 9.97. The van der Waals surface area contributed by atoms with Gasteiger partial charge in [-0.1, -0.05) is 45.4 Å². The lowest BCUT2D eigenvalue weighted by molar-refractivity contribution is 0.471. The van der Waals surface area contributed by atoms with Crippen molar-refractivity contribution in [3.05, 3.63) is 34.9 Å². The van der Waals surface area contributed by atoms with Crippen LogP contribution in [0.15, 0.2) is 18.2 Å². The van der Waals surface area contributed by atoms with Gasteiger partial charge in [0, 0.05) is 6.54 Å². The maximum absolute atomic E-state index is 5.72. The Morgan fingerprint density at radius 3 is 2.56 bits per heavy atom. The molecule has 102 valence electrons. The summed E-state index contributed by atoms with van der Waals surface area (Å²) in [7, 11) is 0. The smallest absolute Gasteiger partial charge is 0.0208 e. The molecule has 0 radical (unpaired) electrons. The van der Waals surface area contributed by atoms with Crippen molar-refractivity contribution in [2.75, 3.05) is 13.1 Å². The summed E-state index contributed by atoms with van der Waals surface area (Å²) in [6, 6.07) is 6.79. The summed E-state index contributed by atoms with van der Waals surface area (Å²) < 4.78 is 0. The molecular weight excluding hydrogens is 220 g/mol. The van der Waals surface area contributed by atoms with Gasteiger partial charge < -0.3 is 11.1 Å². The molecule has 0 saturated heterocycles. The van der Waals surface area contributed by atoms with Gasteiger partial charge in [0.15, 0.2) is 0 Å². The zero-order chi connectivity index (χ0) is 13.5. The number of hydrogen-bond donors (Lipinski definition) is 2. The second-order valence-electron chi connectivity index (χ2n) is 5.48. The van der Waals surface area contributed by atoms with Crippen molar-refractivity contribution in [1.82, 2.24) is 5.32 Å². The molecule has 2 nitrogen and oxygen atoms in total. The van der Waals surface area contributed by atoms with Gasteiger partial charge in [0.2, 0.25) is 0 Å². The van der Waals surface area contributed by atoms with Crippen LogP contribution in [-0.2, 0) is 6.54 Å². The van der Waals surface area contributed by atoms with Crippen LogP contribution in [0.2, 0.25) is 0 Å². The Labute approximate surface area is 112 Å². The standard InChI is InChI=1S/C16H28N2/c1-5-14(9-17)10-18-11-16-8-15(12(2)3)7-6-13(16)4/h6-8,12,14,18H,5,9-11,17H2,1-4H3. The molecular formula is C16H28N2. The van der Waals surface area contributed by atoms with E-state index in [9.17, 15) is 0 Å². The zero-order valence-corrected chi connectivity index (χ0v) is 12.3. The van der Waals surface area contributed by atoms with Crippen LogP contribution in [0.25, 0.3) is 0 Å². The molecule has 2 heteroatoms. The minimum atomic E-state index is 0.594. The van der Waals surface area contributed by atoms with E-state index < -0.39 is 0 Å². The first-order chi connectivity index (χ1) is 8.58. The number of benzene rings is 1. The van der Waals surface area contributed by atoms with Crippen molar-refractivity contribution in [2.24, 2.45) is 11.7 Å². The Balaban J connectivity index is 2.58. The van der Waals surface area contributed by atoms with Crippen molar-refractivity contribution >= 4 is 0 Å². The number of nitrogens with two attached hydrogens (primary N) is 1. The molecule has 0 saturated carbocycles. The molecule has 0 amide bonds. The molecule has 0 fully saturated rings. The molecule has 1 aromatic rings. The van der Waals surface area contributed by atoms with Gasteiger partial charge in [-0.2, -0.15) is 0 Å². The highest BCUT2D eigenvalue weighted by Crippen LogP contribution is 2.18. The first-order valence-corrected chi connectivity index (χ1v) is 7.08. The van der Waals surface area contributed by atoms with Gasteiger partial charge in [0.05, 0.1) is 0 Å². The van der Waals surface area contributed by atoms with Crippen LogP contribution in [0.4, 0.5) is 0 Å². The van der Waals surface area contributed by atoms with E-state index in [0.717, 1.165) is 26.1 Å². The molecule has 0 aliphatic heterocycles. The van der Waals surface area contributed by atoms with Crippen LogP contribution in [-0.4, -0.2) is 13.1 Å². The summed E-state index contributed by atoms with van der Waals surface area (Å²) >= 11 is 0. The normalized spacial score (nSPS) is 13.0. The van der Waals surface area contributed by atoms with E-state index >= 15 is 0 Å². The summed E-state index contributed by atoms with van der Waals surface area (Å²) in [6.07, 6.45) is 1.15. The van der Waals surface area contributed by atoms with Crippen LogP contribution in [0.3, 0.4) is 0 Å². The van der Waals surface area contributed by atoms with Crippen molar-refractivity contribution in [3.8, 4) is 0 Å². The monoisotopic (exact) mass is 248 g/mol. The molecule has 0 bridgehead atoms. The van der Waals surface area contributed by atoms with Gasteiger partial charge >= 0.3 is 0 Å². The first-order valence-electron chi connectivity index (χ1n) is 7.08. The molecule has 18 heavy (non-hydrogen) atoms. The van der Waals surface area contributed by atoms with Crippen LogP contribution in [0.5, 0.6) is 0 Å². The van der Waals surface area contributed by atoms with Gasteiger partial charge in [-0.25, -0.2) is 0 Å². The first kappa shape index (κ1) is 15.2. The fourth-order valence-corrected chi connectivity index (χ4v) is 2.05. The summed E-state index contributed by atoms with van der Waals surface area (Å²) in [6.45, 7) is 11.6. The van der Waals surface area contributed by atoms with Crippen molar-refractivity contribution < 1.29 is 0 Å². The fraction of sp³-hybridized carbons (Fsp3) is 0.625. The van der Waals surface area contributed by atoms with E-state index in [1.54, 1.807) is 0 Å². The van der Waals surface area contributed by atoms with Gasteiger partial charge in [-0.15, -0.1) is 0 Å². The van der Waals surface area contributed by atoms with Gasteiger partial charge in [-0.05, 0) is 48.5 Å². The van der Waals surface area contributed by atoms with Crippen molar-refractivity contribution in [2.45, 2.75) is 46.6 Å². The van der Waals surface area contributed by atoms with Gasteiger partial charge in [0.25, 0.3) is 0 Å². The van der Waals surface area contributed by atoms with Gasteiger partial charge in [-0.3, -0.25) is 0 Å². The van der Waals surface area contributed by atoms with E-state index in [1.807, 2.05) is 0 Å². The maximum Gasteiger partial charge on any atom is 0.0208 e. The summed E-state index contributed by atoms with van der Waals surface area (Å²) in [5.41, 5.74) is 9.91. The quantitative estimate of drug-likeness (QED) is 0.777. The average Bonchev–Trinajstić information content (AvgIpc) is 2.36. The summed E-state index contributed by atoms with van der Waals surface area (Å²) in [5.74, 6) is 1.19. The molecule has 1 rings (SSSR count). The van der Waals surface area contributed by atoms with Crippen molar-refractivity contribution in [1.29, 1.82) is 0 Å². The van der Waals surface area contributed by atoms with E-state index in [4.69, 9.17) is 5.73 Å². The predicted molar refractivity (Wildman–Crippen MR) is 79.8 cm³/mol. The van der Waals surface area contributed by atoms with Crippen LogP contribution in [0.1, 0.15) is 49.8 Å². The molecule has 3 N–H and O–H groups in total. The molecule has 0 aromatic heterocycles. The molecule has 1 atom stereocenters. The minimum absolute atomic E-state index is 0.594. The summed E-state index contributed by atoms with van der Waals surface area (Å²) in [4.78, 5) is 0. The number of rotatable bonds is 7. The van der Waals surface area contributed by atoms with E-state index in [-0.39, 0.29) is 0 Å². The molecule has 1 unspecified atom stereocenters. The SMILES string of the molecule is CCC(CN)CNCc1cc(C(C)C)ccc1C. The van der Waals surface area contributed by atoms with Crippen LogP contribution < -0.4 is 11.1 Å². The second-order valence-corrected chi connectivity index (χ2v) is 5.48.